The molecule has 1 amide bonds. The van der Waals surface area contributed by atoms with Gasteiger partial charge in [-0.15, -0.1) is 0 Å². The monoisotopic (exact) mass is 516 g/mol. The van der Waals surface area contributed by atoms with Crippen molar-refractivity contribution in [1.82, 2.24) is 24.9 Å². The molecule has 10 heteroatoms. The van der Waals surface area contributed by atoms with E-state index >= 15 is 0 Å². The Morgan fingerprint density at radius 2 is 1.82 bits per heavy atom. The fourth-order valence-electron chi connectivity index (χ4n) is 4.43. The van der Waals surface area contributed by atoms with E-state index in [1.807, 2.05) is 48.5 Å². The minimum atomic E-state index is -0.690. The molecular weight excluding hydrogens is 487 g/mol. The molecule has 0 saturated carbocycles. The SMILES string of the molecule is CCc1ccc(-n2cc(C(=O)NOC)c(=O)c3cnc(Nc4ccc(CCN5CC(F)C5)cc4)nc32)cc1. The van der Waals surface area contributed by atoms with E-state index in [9.17, 15) is 14.0 Å². The predicted molar refractivity (Wildman–Crippen MR) is 144 cm³/mol. The number of pyridine rings is 1. The molecule has 0 radical (unpaired) electrons. The van der Waals surface area contributed by atoms with Crippen LogP contribution < -0.4 is 16.2 Å². The maximum absolute atomic E-state index is 13.1. The van der Waals surface area contributed by atoms with Crippen LogP contribution in [0.25, 0.3) is 16.7 Å². The van der Waals surface area contributed by atoms with Crippen molar-refractivity contribution >= 4 is 28.6 Å². The van der Waals surface area contributed by atoms with Gasteiger partial charge in [0.25, 0.3) is 5.91 Å². The Bertz CT molecular complexity index is 1500. The molecule has 38 heavy (non-hydrogen) atoms. The summed E-state index contributed by atoms with van der Waals surface area (Å²) in [6.45, 7) is 3.94. The molecule has 5 rings (SSSR count). The Kier molecular flexibility index (Phi) is 7.43. The van der Waals surface area contributed by atoms with E-state index in [2.05, 4.69) is 32.6 Å². The van der Waals surface area contributed by atoms with Gasteiger partial charge in [-0.25, -0.2) is 14.9 Å². The summed E-state index contributed by atoms with van der Waals surface area (Å²) < 4.78 is 14.7. The fraction of sp³-hybridized carbons (Fsp3) is 0.286. The smallest absolute Gasteiger partial charge is 0.280 e. The number of aromatic nitrogens is 3. The van der Waals surface area contributed by atoms with Gasteiger partial charge in [0, 0.05) is 43.4 Å². The molecule has 1 aliphatic rings. The molecule has 2 N–H and O–H groups in total. The second kappa shape index (κ2) is 11.1. The number of anilines is 2. The molecule has 4 aromatic rings. The molecule has 2 aromatic heterocycles. The molecule has 0 unspecified atom stereocenters. The highest BCUT2D eigenvalue weighted by atomic mass is 19.1. The summed E-state index contributed by atoms with van der Waals surface area (Å²) in [7, 11) is 1.31. The molecule has 0 spiro atoms. The zero-order valence-electron chi connectivity index (χ0n) is 21.3. The molecule has 1 saturated heterocycles. The minimum Gasteiger partial charge on any atom is -0.324 e. The highest BCUT2D eigenvalue weighted by molar-refractivity contribution is 5.96. The number of amides is 1. The Labute approximate surface area is 219 Å². The van der Waals surface area contributed by atoms with Gasteiger partial charge in [-0.2, -0.15) is 4.98 Å². The normalized spacial score (nSPS) is 13.9. The topological polar surface area (TPSA) is 101 Å². The summed E-state index contributed by atoms with van der Waals surface area (Å²) in [5, 5.41) is 3.40. The first kappa shape index (κ1) is 25.5. The lowest BCUT2D eigenvalue weighted by atomic mass is 10.1. The van der Waals surface area contributed by atoms with Crippen molar-refractivity contribution in [2.45, 2.75) is 25.9 Å². The number of halogens is 1. The average Bonchev–Trinajstić information content (AvgIpc) is 2.92. The van der Waals surface area contributed by atoms with Gasteiger partial charge in [-0.3, -0.25) is 19.3 Å². The number of hydrogen-bond acceptors (Lipinski definition) is 7. The second-order valence-corrected chi connectivity index (χ2v) is 9.26. The highest BCUT2D eigenvalue weighted by Gasteiger charge is 2.25. The van der Waals surface area contributed by atoms with Crippen molar-refractivity contribution in [3.8, 4) is 5.69 Å². The van der Waals surface area contributed by atoms with Gasteiger partial charge in [0.1, 0.15) is 11.7 Å². The summed E-state index contributed by atoms with van der Waals surface area (Å²) >= 11 is 0. The number of hydroxylamine groups is 1. The van der Waals surface area contributed by atoms with Gasteiger partial charge >= 0.3 is 0 Å². The van der Waals surface area contributed by atoms with Crippen LogP contribution in [0.3, 0.4) is 0 Å². The maximum Gasteiger partial charge on any atom is 0.280 e. The van der Waals surface area contributed by atoms with Crippen molar-refractivity contribution in [3.05, 3.63) is 87.8 Å². The number of carbonyl (C=O) groups is 1. The maximum atomic E-state index is 13.1. The van der Waals surface area contributed by atoms with Crippen molar-refractivity contribution in [2.75, 3.05) is 32.1 Å². The van der Waals surface area contributed by atoms with Crippen LogP contribution in [0.5, 0.6) is 0 Å². The summed E-state index contributed by atoms with van der Waals surface area (Å²) in [5.41, 5.74) is 5.85. The van der Waals surface area contributed by atoms with E-state index in [0.29, 0.717) is 24.7 Å². The third kappa shape index (κ3) is 5.41. The lowest BCUT2D eigenvalue weighted by Crippen LogP contribution is -2.48. The Morgan fingerprint density at radius 3 is 2.47 bits per heavy atom. The van der Waals surface area contributed by atoms with E-state index in [-0.39, 0.29) is 10.9 Å². The van der Waals surface area contributed by atoms with Gasteiger partial charge in [0.15, 0.2) is 5.65 Å². The Hall–Kier alpha value is -4.15. The molecule has 9 nitrogen and oxygen atoms in total. The zero-order chi connectivity index (χ0) is 26.6. The van der Waals surface area contributed by atoms with E-state index in [1.165, 1.54) is 19.5 Å². The molecule has 1 fully saturated rings. The van der Waals surface area contributed by atoms with Crippen LogP contribution in [0.4, 0.5) is 16.0 Å². The second-order valence-electron chi connectivity index (χ2n) is 9.26. The number of alkyl halides is 1. The quantitative estimate of drug-likeness (QED) is 0.328. The first-order valence-corrected chi connectivity index (χ1v) is 12.5. The van der Waals surface area contributed by atoms with Crippen LogP contribution in [0, 0.1) is 0 Å². The number of hydrogen-bond donors (Lipinski definition) is 2. The molecule has 3 heterocycles. The van der Waals surface area contributed by atoms with E-state index in [1.54, 1.807) is 4.57 Å². The largest absolute Gasteiger partial charge is 0.324 e. The number of nitrogens with zero attached hydrogens (tertiary/aromatic N) is 4. The predicted octanol–water partition coefficient (Wildman–Crippen LogP) is 3.57. The van der Waals surface area contributed by atoms with Crippen LogP contribution in [-0.4, -0.2) is 58.3 Å². The van der Waals surface area contributed by atoms with Crippen molar-refractivity contribution in [3.63, 3.8) is 0 Å². The van der Waals surface area contributed by atoms with Gasteiger partial charge < -0.3 is 9.88 Å². The molecule has 196 valence electrons. The molecule has 0 aliphatic carbocycles. The van der Waals surface area contributed by atoms with Gasteiger partial charge in [-0.05, 0) is 48.2 Å². The van der Waals surface area contributed by atoms with Crippen LogP contribution in [0.15, 0.2) is 65.7 Å². The van der Waals surface area contributed by atoms with Crippen LogP contribution >= 0.6 is 0 Å². The molecule has 1 aliphatic heterocycles. The van der Waals surface area contributed by atoms with Crippen molar-refractivity contribution in [1.29, 1.82) is 0 Å². The third-order valence-corrected chi connectivity index (χ3v) is 6.65. The highest BCUT2D eigenvalue weighted by Crippen LogP contribution is 2.21. The molecular formula is C28H29FN6O3. The van der Waals surface area contributed by atoms with E-state index in [4.69, 9.17) is 4.84 Å². The number of carbonyl (C=O) groups excluding carboxylic acids is 1. The number of rotatable bonds is 9. The Morgan fingerprint density at radius 1 is 1.11 bits per heavy atom. The lowest BCUT2D eigenvalue weighted by molar-refractivity contribution is 0.0536. The summed E-state index contributed by atoms with van der Waals surface area (Å²) in [6, 6.07) is 15.7. The van der Waals surface area contributed by atoms with Crippen LogP contribution in [0.2, 0.25) is 0 Å². The van der Waals surface area contributed by atoms with E-state index < -0.39 is 17.5 Å². The summed E-state index contributed by atoms with van der Waals surface area (Å²) in [6.07, 6.45) is 3.94. The lowest BCUT2D eigenvalue weighted by Gasteiger charge is -2.34. The molecule has 0 atom stereocenters. The van der Waals surface area contributed by atoms with E-state index in [0.717, 1.165) is 41.9 Å². The number of fused-ring (bicyclic) bond motifs is 1. The van der Waals surface area contributed by atoms with Crippen LogP contribution in [0.1, 0.15) is 28.4 Å². The first-order chi connectivity index (χ1) is 18.4. The third-order valence-electron chi connectivity index (χ3n) is 6.65. The van der Waals surface area contributed by atoms with Crippen molar-refractivity contribution < 1.29 is 14.0 Å². The van der Waals surface area contributed by atoms with Crippen LogP contribution in [-0.2, 0) is 17.7 Å². The molecule has 0 bridgehead atoms. The minimum absolute atomic E-state index is 0.0842. The summed E-state index contributed by atoms with van der Waals surface area (Å²) in [5.74, 6) is -0.341. The van der Waals surface area contributed by atoms with Gasteiger partial charge in [0.2, 0.25) is 11.4 Å². The summed E-state index contributed by atoms with van der Waals surface area (Å²) in [4.78, 5) is 41.5. The standard InChI is InChI=1S/C28H29FN6O3/c1-3-18-6-10-22(11-7-18)35-17-24(27(37)33-38-2)25(36)23-14-30-28(32-26(23)35)31-21-8-4-19(5-9-21)12-13-34-15-20(29)16-34/h4-11,14,17,20H,3,12-13,15-16H2,1-2H3,(H,33,37)(H,30,31,32). The number of aryl methyl sites for hydroxylation is 1. The van der Waals surface area contributed by atoms with Crippen molar-refractivity contribution in [2.24, 2.45) is 0 Å². The zero-order valence-corrected chi connectivity index (χ0v) is 21.3. The first-order valence-electron chi connectivity index (χ1n) is 12.5. The van der Waals surface area contributed by atoms with Gasteiger partial charge in [-0.1, -0.05) is 31.2 Å². The number of benzene rings is 2. The number of nitrogens with one attached hydrogen (secondary N) is 2. The Balaban J connectivity index is 1.45. The average molecular weight is 517 g/mol. The van der Waals surface area contributed by atoms with Gasteiger partial charge in [0.05, 0.1) is 12.5 Å². The molecule has 2 aromatic carbocycles. The number of likely N-dealkylation sites (tertiary alicyclic amines) is 1. The fourth-order valence-corrected chi connectivity index (χ4v) is 4.43.